The Kier molecular flexibility index (Phi) is 7.58. The quantitative estimate of drug-likeness (QED) is 0.332. The minimum atomic E-state index is 0.410. The van der Waals surface area contributed by atoms with Gasteiger partial charge in [-0.3, -0.25) is 9.98 Å². The van der Waals surface area contributed by atoms with Crippen molar-refractivity contribution >= 4 is 22.8 Å². The van der Waals surface area contributed by atoms with Gasteiger partial charge in [0.1, 0.15) is 0 Å². The molecule has 17 heavy (non-hydrogen) atoms. The third kappa shape index (κ3) is 6.44. The molecule has 0 fully saturated rings. The normalized spacial score (nSPS) is 15.3. The molecular weight excluding hydrogens is 220 g/mol. The standard InChI is InChI=1S/C11H20N4O2/c1-8(10(3)14-16)12-6-5-7-13-9(2)11(4)15-17/h16-17H,5-7H2,1-4H3/p-1/b12-8?,13-9?,14-10+,15-11?. The third-order valence-electron chi connectivity index (χ3n) is 2.35. The first-order valence-corrected chi connectivity index (χ1v) is 5.41. The van der Waals surface area contributed by atoms with Gasteiger partial charge >= 0.3 is 0 Å². The van der Waals surface area contributed by atoms with E-state index in [4.69, 9.17) is 5.21 Å². The van der Waals surface area contributed by atoms with Gasteiger partial charge in [-0.05, 0) is 34.1 Å². The first kappa shape index (κ1) is 15.3. The zero-order chi connectivity index (χ0) is 13.3. The maximum Gasteiger partial charge on any atom is 0.0971 e. The molecule has 0 saturated heterocycles. The van der Waals surface area contributed by atoms with E-state index in [1.165, 1.54) is 0 Å². The fourth-order valence-electron chi connectivity index (χ4n) is 0.931. The van der Waals surface area contributed by atoms with Gasteiger partial charge in [-0.15, -0.1) is 0 Å². The van der Waals surface area contributed by atoms with Crippen LogP contribution in [0.5, 0.6) is 0 Å². The summed E-state index contributed by atoms with van der Waals surface area (Å²) in [6.45, 7) is 8.09. The van der Waals surface area contributed by atoms with Crippen molar-refractivity contribution in [3.63, 3.8) is 0 Å². The SMILES string of the molecule is CC(=NO)C(C)=NCCCN=C(C)/C(C)=N/[O-]. The first-order valence-electron chi connectivity index (χ1n) is 5.41. The number of aliphatic imine (C=N–C) groups is 2. The van der Waals surface area contributed by atoms with Crippen LogP contribution in [0.15, 0.2) is 20.3 Å². The van der Waals surface area contributed by atoms with Crippen molar-refractivity contribution in [1.82, 2.24) is 0 Å². The lowest BCUT2D eigenvalue weighted by Gasteiger charge is -2.02. The van der Waals surface area contributed by atoms with Crippen LogP contribution in [-0.4, -0.2) is 41.1 Å². The van der Waals surface area contributed by atoms with Crippen molar-refractivity contribution in [3.05, 3.63) is 5.21 Å². The molecule has 0 unspecified atom stereocenters. The molecule has 0 saturated carbocycles. The van der Waals surface area contributed by atoms with E-state index in [0.29, 0.717) is 35.9 Å². The van der Waals surface area contributed by atoms with E-state index in [9.17, 15) is 5.21 Å². The summed E-state index contributed by atoms with van der Waals surface area (Å²) in [5, 5.41) is 24.6. The van der Waals surface area contributed by atoms with Crippen LogP contribution < -0.4 is 0 Å². The Balaban J connectivity index is 4.03. The summed E-state index contributed by atoms with van der Waals surface area (Å²) < 4.78 is 0. The lowest BCUT2D eigenvalue weighted by Crippen LogP contribution is -2.08. The average Bonchev–Trinajstić information content (AvgIpc) is 2.35. The van der Waals surface area contributed by atoms with E-state index in [2.05, 4.69) is 20.3 Å². The summed E-state index contributed by atoms with van der Waals surface area (Å²) in [6.07, 6.45) is 0.777. The third-order valence-corrected chi connectivity index (χ3v) is 2.35. The fraction of sp³-hybridized carbons (Fsp3) is 0.636. The smallest absolute Gasteiger partial charge is 0.0971 e. The molecule has 0 amide bonds. The molecule has 0 aromatic carbocycles. The van der Waals surface area contributed by atoms with Gasteiger partial charge in [-0.2, -0.15) is 0 Å². The summed E-state index contributed by atoms with van der Waals surface area (Å²) in [5.41, 5.74) is 2.30. The zero-order valence-corrected chi connectivity index (χ0v) is 10.8. The molecule has 0 bridgehead atoms. The summed E-state index contributed by atoms with van der Waals surface area (Å²) in [4.78, 5) is 8.42. The second-order valence-corrected chi connectivity index (χ2v) is 3.65. The second-order valence-electron chi connectivity index (χ2n) is 3.65. The Labute approximate surface area is 101 Å². The van der Waals surface area contributed by atoms with Crippen molar-refractivity contribution in [2.75, 3.05) is 13.1 Å². The monoisotopic (exact) mass is 239 g/mol. The highest BCUT2D eigenvalue weighted by Gasteiger charge is 1.96. The van der Waals surface area contributed by atoms with Gasteiger partial charge in [0, 0.05) is 18.8 Å². The Morgan fingerprint density at radius 2 is 1.35 bits per heavy atom. The molecule has 0 aromatic rings. The number of nitrogens with zero attached hydrogens (tertiary/aromatic N) is 4. The predicted molar refractivity (Wildman–Crippen MR) is 71.9 cm³/mol. The Morgan fingerprint density at radius 1 is 0.882 bits per heavy atom. The highest BCUT2D eigenvalue weighted by molar-refractivity contribution is 6.41. The Bertz CT molecular complexity index is 322. The van der Waals surface area contributed by atoms with E-state index in [1.54, 1.807) is 27.7 Å². The number of hydrogen-bond donors (Lipinski definition) is 1. The van der Waals surface area contributed by atoms with Crippen LogP contribution in [0.25, 0.3) is 0 Å². The maximum absolute atomic E-state index is 10.2. The van der Waals surface area contributed by atoms with Crippen LogP contribution in [-0.2, 0) is 0 Å². The van der Waals surface area contributed by atoms with Crippen LogP contribution in [0, 0.1) is 5.21 Å². The lowest BCUT2D eigenvalue weighted by atomic mass is 10.3. The van der Waals surface area contributed by atoms with E-state index in [-0.39, 0.29) is 0 Å². The first-order chi connectivity index (χ1) is 8.02. The highest BCUT2D eigenvalue weighted by atomic mass is 16.4. The molecule has 0 spiro atoms. The van der Waals surface area contributed by atoms with Gasteiger partial charge in [0.05, 0.1) is 17.1 Å². The summed E-state index contributed by atoms with van der Waals surface area (Å²) in [6, 6.07) is 0. The minimum absolute atomic E-state index is 0.410. The molecule has 0 radical (unpaired) electrons. The van der Waals surface area contributed by atoms with E-state index >= 15 is 0 Å². The molecule has 0 aliphatic rings. The van der Waals surface area contributed by atoms with Crippen LogP contribution in [0.1, 0.15) is 34.1 Å². The molecule has 0 atom stereocenters. The van der Waals surface area contributed by atoms with Gasteiger partial charge < -0.3 is 15.6 Å². The summed E-state index contributed by atoms with van der Waals surface area (Å²) in [5.74, 6) is 0. The number of rotatable bonds is 6. The van der Waals surface area contributed by atoms with Gasteiger partial charge in [-0.1, -0.05) is 5.16 Å². The van der Waals surface area contributed by atoms with E-state index in [1.807, 2.05) is 0 Å². The summed E-state index contributed by atoms with van der Waals surface area (Å²) in [7, 11) is 0. The molecule has 0 heterocycles. The molecule has 0 aliphatic carbocycles. The molecule has 0 rings (SSSR count). The van der Waals surface area contributed by atoms with Crippen molar-refractivity contribution in [2.45, 2.75) is 34.1 Å². The predicted octanol–water partition coefficient (Wildman–Crippen LogP) is 2.11. The second kappa shape index (κ2) is 8.43. The molecule has 0 aromatic heterocycles. The van der Waals surface area contributed by atoms with Crippen LogP contribution >= 0.6 is 0 Å². The average molecular weight is 239 g/mol. The molecule has 1 N–H and O–H groups in total. The van der Waals surface area contributed by atoms with Crippen molar-refractivity contribution < 1.29 is 5.21 Å². The van der Waals surface area contributed by atoms with Gasteiger partial charge in [0.2, 0.25) is 0 Å². The highest BCUT2D eigenvalue weighted by Crippen LogP contribution is 1.90. The van der Waals surface area contributed by atoms with E-state index < -0.39 is 0 Å². The number of oxime groups is 1. The summed E-state index contributed by atoms with van der Waals surface area (Å²) >= 11 is 0. The zero-order valence-electron chi connectivity index (χ0n) is 10.8. The Hall–Kier alpha value is -1.72. The molecule has 6 heteroatoms. The van der Waals surface area contributed by atoms with Gasteiger partial charge in [0.15, 0.2) is 0 Å². The van der Waals surface area contributed by atoms with Crippen LogP contribution in [0.3, 0.4) is 0 Å². The molecule has 6 nitrogen and oxygen atoms in total. The van der Waals surface area contributed by atoms with Crippen molar-refractivity contribution in [2.24, 2.45) is 20.3 Å². The molecule has 96 valence electrons. The van der Waals surface area contributed by atoms with Crippen molar-refractivity contribution in [3.8, 4) is 0 Å². The van der Waals surface area contributed by atoms with Crippen LogP contribution in [0.2, 0.25) is 0 Å². The van der Waals surface area contributed by atoms with Crippen LogP contribution in [0.4, 0.5) is 0 Å². The molecular formula is C11H19N4O2-. The Morgan fingerprint density at radius 3 is 1.76 bits per heavy atom. The topological polar surface area (TPSA) is 92.7 Å². The fourth-order valence-corrected chi connectivity index (χ4v) is 0.931. The lowest BCUT2D eigenvalue weighted by molar-refractivity contribution is 0.320. The van der Waals surface area contributed by atoms with Gasteiger partial charge in [-0.25, -0.2) is 0 Å². The number of hydrogen-bond acceptors (Lipinski definition) is 6. The van der Waals surface area contributed by atoms with Gasteiger partial charge in [0.25, 0.3) is 0 Å². The molecule has 0 aliphatic heterocycles. The minimum Gasteiger partial charge on any atom is -0.792 e. The van der Waals surface area contributed by atoms with Crippen molar-refractivity contribution in [1.29, 1.82) is 0 Å². The maximum atomic E-state index is 10.2. The largest absolute Gasteiger partial charge is 0.792 e. The van der Waals surface area contributed by atoms with E-state index in [0.717, 1.165) is 6.42 Å².